The van der Waals surface area contributed by atoms with E-state index in [0.29, 0.717) is 0 Å². The molecule has 2 heterocycles. The molecule has 0 bridgehead atoms. The monoisotopic (exact) mass is 257 g/mol. The van der Waals surface area contributed by atoms with Gasteiger partial charge < -0.3 is 10.3 Å². The molecule has 0 spiro atoms. The first-order valence-electron chi connectivity index (χ1n) is 5.41. The predicted octanol–water partition coefficient (Wildman–Crippen LogP) is 2.10. The molecule has 3 aromatic rings. The highest BCUT2D eigenvalue weighted by atomic mass is 32.2. The molecule has 18 heavy (non-hydrogen) atoms. The Morgan fingerprint density at radius 3 is 2.94 bits per heavy atom. The number of hydrogen-bond acceptors (Lipinski definition) is 5. The minimum Gasteiger partial charge on any atom is -0.397 e. The fraction of sp³-hybridized carbons (Fsp3) is 0.0833. The molecule has 0 saturated heterocycles. The Bertz CT molecular complexity index is 707. The summed E-state index contributed by atoms with van der Waals surface area (Å²) in [6.45, 7) is 0. The van der Waals surface area contributed by atoms with E-state index in [1.807, 2.05) is 35.9 Å². The molecule has 2 N–H and O–H groups in total. The van der Waals surface area contributed by atoms with Crippen molar-refractivity contribution in [2.75, 3.05) is 5.73 Å². The molecular formula is C12H11N5S. The quantitative estimate of drug-likeness (QED) is 0.712. The van der Waals surface area contributed by atoms with E-state index in [4.69, 9.17) is 5.73 Å². The Kier molecular flexibility index (Phi) is 2.64. The van der Waals surface area contributed by atoms with Crippen LogP contribution < -0.4 is 5.73 Å². The second-order valence-corrected chi connectivity index (χ2v) is 4.88. The van der Waals surface area contributed by atoms with Crippen molar-refractivity contribution in [3.63, 3.8) is 0 Å². The maximum Gasteiger partial charge on any atom is 0.195 e. The van der Waals surface area contributed by atoms with Gasteiger partial charge in [0, 0.05) is 23.5 Å². The van der Waals surface area contributed by atoms with E-state index >= 15 is 0 Å². The molecule has 0 aliphatic carbocycles. The number of nitrogen functional groups attached to an aromatic ring is 1. The van der Waals surface area contributed by atoms with Crippen LogP contribution in [0.3, 0.4) is 0 Å². The SMILES string of the molecule is Cn1cnnc1Sc1ccc2ncccc2c1N. The maximum absolute atomic E-state index is 6.17. The zero-order chi connectivity index (χ0) is 12.5. The molecule has 0 saturated carbocycles. The second kappa shape index (κ2) is 4.30. The summed E-state index contributed by atoms with van der Waals surface area (Å²) in [7, 11) is 1.90. The summed E-state index contributed by atoms with van der Waals surface area (Å²) < 4.78 is 1.86. The van der Waals surface area contributed by atoms with Crippen LogP contribution in [0.1, 0.15) is 0 Å². The number of anilines is 1. The molecule has 0 fully saturated rings. The van der Waals surface area contributed by atoms with Crippen LogP contribution in [0.25, 0.3) is 10.9 Å². The number of benzene rings is 1. The molecular weight excluding hydrogens is 246 g/mol. The van der Waals surface area contributed by atoms with Crippen LogP contribution in [0.2, 0.25) is 0 Å². The van der Waals surface area contributed by atoms with Gasteiger partial charge in [-0.3, -0.25) is 4.98 Å². The lowest BCUT2D eigenvalue weighted by Gasteiger charge is -2.07. The average Bonchev–Trinajstić information content (AvgIpc) is 2.79. The summed E-state index contributed by atoms with van der Waals surface area (Å²) in [6, 6.07) is 7.78. The predicted molar refractivity (Wildman–Crippen MR) is 71.3 cm³/mol. The van der Waals surface area contributed by atoms with Gasteiger partial charge in [-0.05, 0) is 36.0 Å². The van der Waals surface area contributed by atoms with Gasteiger partial charge in [0.25, 0.3) is 0 Å². The summed E-state index contributed by atoms with van der Waals surface area (Å²) in [6.07, 6.45) is 3.43. The average molecular weight is 257 g/mol. The summed E-state index contributed by atoms with van der Waals surface area (Å²) >= 11 is 1.50. The van der Waals surface area contributed by atoms with Crippen LogP contribution in [0.4, 0.5) is 5.69 Å². The fourth-order valence-electron chi connectivity index (χ4n) is 1.71. The zero-order valence-corrected chi connectivity index (χ0v) is 10.6. The van der Waals surface area contributed by atoms with E-state index in [0.717, 1.165) is 26.6 Å². The Morgan fingerprint density at radius 2 is 2.17 bits per heavy atom. The van der Waals surface area contributed by atoms with Crippen LogP contribution in [-0.2, 0) is 7.05 Å². The van der Waals surface area contributed by atoms with Gasteiger partial charge in [0.15, 0.2) is 5.16 Å². The van der Waals surface area contributed by atoms with Crippen molar-refractivity contribution in [3.8, 4) is 0 Å². The highest BCUT2D eigenvalue weighted by Crippen LogP contribution is 2.34. The molecule has 2 aromatic heterocycles. The van der Waals surface area contributed by atoms with Crippen molar-refractivity contribution < 1.29 is 0 Å². The molecule has 0 aliphatic heterocycles. The van der Waals surface area contributed by atoms with Crippen LogP contribution in [0.5, 0.6) is 0 Å². The van der Waals surface area contributed by atoms with Gasteiger partial charge in [-0.25, -0.2) is 0 Å². The number of nitrogens with two attached hydrogens (primary N) is 1. The Balaban J connectivity index is 2.08. The molecule has 0 aliphatic rings. The van der Waals surface area contributed by atoms with Gasteiger partial charge in [0.2, 0.25) is 0 Å². The number of hydrogen-bond donors (Lipinski definition) is 1. The largest absolute Gasteiger partial charge is 0.397 e. The van der Waals surface area contributed by atoms with E-state index in [-0.39, 0.29) is 0 Å². The van der Waals surface area contributed by atoms with Crippen molar-refractivity contribution in [1.82, 2.24) is 19.7 Å². The van der Waals surface area contributed by atoms with Crippen molar-refractivity contribution in [2.45, 2.75) is 10.1 Å². The standard InChI is InChI=1S/C12H11N5S/c1-17-7-15-16-12(17)18-10-5-4-9-8(11(10)13)3-2-6-14-9/h2-7H,13H2,1H3. The topological polar surface area (TPSA) is 69.6 Å². The number of fused-ring (bicyclic) bond motifs is 1. The van der Waals surface area contributed by atoms with Gasteiger partial charge >= 0.3 is 0 Å². The van der Waals surface area contributed by atoms with Gasteiger partial charge in [-0.1, -0.05) is 0 Å². The summed E-state index contributed by atoms with van der Waals surface area (Å²) in [5.41, 5.74) is 7.80. The van der Waals surface area contributed by atoms with Gasteiger partial charge in [0.1, 0.15) is 6.33 Å². The van der Waals surface area contributed by atoms with Crippen LogP contribution in [0.15, 0.2) is 46.8 Å². The summed E-state index contributed by atoms with van der Waals surface area (Å²) in [5.74, 6) is 0. The van der Waals surface area contributed by atoms with Gasteiger partial charge in [-0.15, -0.1) is 10.2 Å². The number of nitrogens with zero attached hydrogens (tertiary/aromatic N) is 4. The second-order valence-electron chi connectivity index (χ2n) is 3.87. The Labute approximate surface area is 108 Å². The lowest BCUT2D eigenvalue weighted by molar-refractivity contribution is 0.789. The minimum atomic E-state index is 0.730. The van der Waals surface area contributed by atoms with Crippen molar-refractivity contribution >= 4 is 28.4 Å². The molecule has 0 atom stereocenters. The van der Waals surface area contributed by atoms with Crippen LogP contribution in [-0.4, -0.2) is 19.7 Å². The van der Waals surface area contributed by atoms with E-state index in [2.05, 4.69) is 15.2 Å². The first-order chi connectivity index (χ1) is 8.75. The first-order valence-corrected chi connectivity index (χ1v) is 6.22. The normalized spacial score (nSPS) is 10.9. The van der Waals surface area contributed by atoms with Gasteiger partial charge in [0.05, 0.1) is 11.2 Å². The highest BCUT2D eigenvalue weighted by Gasteiger charge is 2.09. The Morgan fingerprint density at radius 1 is 1.28 bits per heavy atom. The van der Waals surface area contributed by atoms with E-state index < -0.39 is 0 Å². The fourth-order valence-corrected chi connectivity index (χ4v) is 2.54. The van der Waals surface area contributed by atoms with Gasteiger partial charge in [-0.2, -0.15) is 0 Å². The van der Waals surface area contributed by atoms with Crippen LogP contribution >= 0.6 is 11.8 Å². The molecule has 1 aromatic carbocycles. The number of aryl methyl sites for hydroxylation is 1. The summed E-state index contributed by atoms with van der Waals surface area (Å²) in [4.78, 5) is 5.24. The van der Waals surface area contributed by atoms with Crippen molar-refractivity contribution in [1.29, 1.82) is 0 Å². The lowest BCUT2D eigenvalue weighted by Crippen LogP contribution is -1.94. The minimum absolute atomic E-state index is 0.730. The smallest absolute Gasteiger partial charge is 0.195 e. The van der Waals surface area contributed by atoms with Crippen molar-refractivity contribution in [2.24, 2.45) is 7.05 Å². The van der Waals surface area contributed by atoms with Crippen LogP contribution in [0, 0.1) is 0 Å². The first kappa shape index (κ1) is 11.0. The van der Waals surface area contributed by atoms with Crippen molar-refractivity contribution in [3.05, 3.63) is 36.8 Å². The molecule has 0 radical (unpaired) electrons. The number of aromatic nitrogens is 4. The molecule has 90 valence electrons. The molecule has 5 nitrogen and oxygen atoms in total. The number of pyridine rings is 1. The molecule has 3 rings (SSSR count). The highest BCUT2D eigenvalue weighted by molar-refractivity contribution is 7.99. The molecule has 0 unspecified atom stereocenters. The molecule has 6 heteroatoms. The van der Waals surface area contributed by atoms with E-state index in [1.165, 1.54) is 11.8 Å². The number of rotatable bonds is 2. The van der Waals surface area contributed by atoms with E-state index in [9.17, 15) is 0 Å². The van der Waals surface area contributed by atoms with E-state index in [1.54, 1.807) is 12.5 Å². The molecule has 0 amide bonds. The lowest BCUT2D eigenvalue weighted by atomic mass is 10.2. The zero-order valence-electron chi connectivity index (χ0n) is 9.74. The third-order valence-corrected chi connectivity index (χ3v) is 3.79. The third-order valence-electron chi connectivity index (χ3n) is 2.66. The maximum atomic E-state index is 6.17. The Hall–Kier alpha value is -2.08. The summed E-state index contributed by atoms with van der Waals surface area (Å²) in [5, 5.41) is 9.66. The third kappa shape index (κ3) is 1.80.